The Morgan fingerprint density at radius 3 is 2.08 bits per heavy atom. The van der Waals surface area contributed by atoms with E-state index < -0.39 is 10.0 Å². The molecule has 0 aromatic heterocycles. The van der Waals surface area contributed by atoms with E-state index in [9.17, 15) is 13.2 Å². The van der Waals surface area contributed by atoms with Crippen LogP contribution in [0.3, 0.4) is 0 Å². The summed E-state index contributed by atoms with van der Waals surface area (Å²) in [4.78, 5) is 12.9. The van der Waals surface area contributed by atoms with E-state index in [-0.39, 0.29) is 30.1 Å². The van der Waals surface area contributed by atoms with Crippen molar-refractivity contribution in [2.24, 2.45) is 0 Å². The van der Waals surface area contributed by atoms with Gasteiger partial charge < -0.3 is 24.8 Å². The minimum absolute atomic E-state index is 0. The van der Waals surface area contributed by atoms with Crippen LogP contribution < -0.4 is 29.6 Å². The van der Waals surface area contributed by atoms with Gasteiger partial charge in [0.1, 0.15) is 0 Å². The average Bonchev–Trinajstić information content (AvgIpc) is 2.90. The van der Waals surface area contributed by atoms with Crippen molar-refractivity contribution < 1.29 is 27.4 Å². The second-order valence-electron chi connectivity index (χ2n) is 8.81. The third kappa shape index (κ3) is 8.41. The van der Waals surface area contributed by atoms with E-state index >= 15 is 0 Å². The molecular weight excluding hydrogens is 518 g/mol. The van der Waals surface area contributed by atoms with Crippen molar-refractivity contribution >= 4 is 34.0 Å². The van der Waals surface area contributed by atoms with Gasteiger partial charge in [-0.3, -0.25) is 9.52 Å². The van der Waals surface area contributed by atoms with Crippen molar-refractivity contribution in [2.75, 3.05) is 38.3 Å². The Hall–Kier alpha value is -2.69. The van der Waals surface area contributed by atoms with Gasteiger partial charge in [-0.2, -0.15) is 0 Å². The molecule has 0 aliphatic heterocycles. The monoisotopic (exact) mass is 555 g/mol. The summed E-state index contributed by atoms with van der Waals surface area (Å²) in [5, 5.41) is 6.73. The largest absolute Gasteiger partial charge is 0.493 e. The number of rotatable bonds is 12. The van der Waals surface area contributed by atoms with Gasteiger partial charge in [-0.15, -0.1) is 12.4 Å². The smallest absolute Gasteiger partial charge is 0.251 e. The van der Waals surface area contributed by atoms with E-state index in [4.69, 9.17) is 14.2 Å². The first kappa shape index (κ1) is 30.5. The molecule has 11 heteroatoms. The fourth-order valence-electron chi connectivity index (χ4n) is 4.37. The second kappa shape index (κ2) is 14.3. The molecule has 1 unspecified atom stereocenters. The number of hydrogen-bond acceptors (Lipinski definition) is 7. The van der Waals surface area contributed by atoms with Crippen LogP contribution in [0.25, 0.3) is 0 Å². The van der Waals surface area contributed by atoms with Crippen LogP contribution in [-0.4, -0.2) is 54.0 Å². The predicted molar refractivity (Wildman–Crippen MR) is 148 cm³/mol. The van der Waals surface area contributed by atoms with Crippen LogP contribution >= 0.6 is 12.4 Å². The predicted octanol–water partition coefficient (Wildman–Crippen LogP) is 4.29. The number of carbonyl (C=O) groups excluding carboxylic acids is 1. The second-order valence-corrected chi connectivity index (χ2v) is 10.8. The number of methoxy groups -OCH3 is 3. The topological polar surface area (TPSA) is 115 Å². The van der Waals surface area contributed by atoms with Gasteiger partial charge in [-0.05, 0) is 61.7 Å². The van der Waals surface area contributed by atoms with Gasteiger partial charge >= 0.3 is 0 Å². The van der Waals surface area contributed by atoms with E-state index in [1.807, 2.05) is 12.1 Å². The standard InChI is InChI=1S/C26H37N3O6S.ClH/c1-5-36(31,32)29-21-13-11-18(12-14-21)26(30)27-17-22(28-20-9-7-6-8-10-20)19-15-23(33-2)25(35-4)24(16-19)34-3;/h11-16,20,22,28-29H,5-10,17H2,1-4H3,(H,27,30);1H. The molecule has 206 valence electrons. The molecule has 37 heavy (non-hydrogen) atoms. The Bertz CT molecular complexity index is 1100. The van der Waals surface area contributed by atoms with E-state index in [1.165, 1.54) is 19.3 Å². The first-order valence-corrected chi connectivity index (χ1v) is 13.9. The Morgan fingerprint density at radius 1 is 0.973 bits per heavy atom. The number of benzene rings is 2. The third-order valence-corrected chi connectivity index (χ3v) is 7.71. The molecule has 1 fully saturated rings. The number of halogens is 1. The number of sulfonamides is 1. The Labute approximate surface area is 226 Å². The van der Waals surface area contributed by atoms with Crippen LogP contribution in [0.5, 0.6) is 17.2 Å². The summed E-state index contributed by atoms with van der Waals surface area (Å²) in [5.41, 5.74) is 1.78. The SMILES string of the molecule is CCS(=O)(=O)Nc1ccc(C(=O)NCC(NC2CCCCC2)c2cc(OC)c(OC)c(OC)c2)cc1.Cl. The highest BCUT2D eigenvalue weighted by Crippen LogP contribution is 2.40. The maximum absolute atomic E-state index is 12.9. The molecule has 3 N–H and O–H groups in total. The lowest BCUT2D eigenvalue weighted by Crippen LogP contribution is -2.40. The summed E-state index contributed by atoms with van der Waals surface area (Å²) in [5.74, 6) is 1.36. The summed E-state index contributed by atoms with van der Waals surface area (Å²) < 4.78 is 42.6. The van der Waals surface area contributed by atoms with E-state index in [0.29, 0.717) is 41.1 Å². The van der Waals surface area contributed by atoms with Crippen LogP contribution in [-0.2, 0) is 10.0 Å². The van der Waals surface area contributed by atoms with E-state index in [1.54, 1.807) is 52.5 Å². The van der Waals surface area contributed by atoms with Gasteiger partial charge in [0.2, 0.25) is 15.8 Å². The van der Waals surface area contributed by atoms with Gasteiger partial charge in [0, 0.05) is 23.8 Å². The van der Waals surface area contributed by atoms with Crippen molar-refractivity contribution in [3.8, 4) is 17.2 Å². The summed E-state index contributed by atoms with van der Waals surface area (Å²) in [6.45, 7) is 1.91. The van der Waals surface area contributed by atoms with Crippen molar-refractivity contribution in [3.63, 3.8) is 0 Å². The molecule has 1 aliphatic carbocycles. The number of ether oxygens (including phenoxy) is 3. The number of nitrogens with one attached hydrogen (secondary N) is 3. The minimum atomic E-state index is -3.38. The molecule has 0 bridgehead atoms. The first-order valence-electron chi connectivity index (χ1n) is 12.2. The average molecular weight is 556 g/mol. The van der Waals surface area contributed by atoms with Gasteiger partial charge in [-0.1, -0.05) is 19.3 Å². The lowest BCUT2D eigenvalue weighted by atomic mass is 9.93. The highest BCUT2D eigenvalue weighted by molar-refractivity contribution is 7.92. The van der Waals surface area contributed by atoms with Crippen molar-refractivity contribution in [3.05, 3.63) is 47.5 Å². The summed E-state index contributed by atoms with van der Waals surface area (Å²) in [6, 6.07) is 10.4. The number of carbonyl (C=O) groups is 1. The molecule has 1 atom stereocenters. The highest BCUT2D eigenvalue weighted by atomic mass is 35.5. The molecule has 1 saturated carbocycles. The summed E-state index contributed by atoms with van der Waals surface area (Å²) >= 11 is 0. The molecule has 3 rings (SSSR count). The van der Waals surface area contributed by atoms with Crippen molar-refractivity contribution in [1.82, 2.24) is 10.6 Å². The lowest BCUT2D eigenvalue weighted by Gasteiger charge is -2.29. The highest BCUT2D eigenvalue weighted by Gasteiger charge is 2.23. The fraction of sp³-hybridized carbons (Fsp3) is 0.500. The quantitative estimate of drug-likeness (QED) is 0.358. The number of hydrogen-bond donors (Lipinski definition) is 3. The normalized spacial score (nSPS) is 14.7. The lowest BCUT2D eigenvalue weighted by molar-refractivity contribution is 0.0948. The molecule has 1 aliphatic rings. The zero-order valence-electron chi connectivity index (χ0n) is 21.8. The van der Waals surface area contributed by atoms with Gasteiger partial charge in [-0.25, -0.2) is 8.42 Å². The molecule has 9 nitrogen and oxygen atoms in total. The van der Waals surface area contributed by atoms with Crippen molar-refractivity contribution in [2.45, 2.75) is 51.1 Å². The van der Waals surface area contributed by atoms with Crippen LogP contribution in [0.15, 0.2) is 36.4 Å². The van der Waals surface area contributed by atoms with Crippen LogP contribution in [0.1, 0.15) is 61.0 Å². The Kier molecular flexibility index (Phi) is 11.8. The van der Waals surface area contributed by atoms with Crippen LogP contribution in [0.2, 0.25) is 0 Å². The molecule has 0 saturated heterocycles. The maximum atomic E-state index is 12.9. The molecule has 0 heterocycles. The molecule has 2 aromatic carbocycles. The zero-order valence-corrected chi connectivity index (χ0v) is 23.5. The van der Waals surface area contributed by atoms with Gasteiger partial charge in [0.15, 0.2) is 11.5 Å². The first-order chi connectivity index (χ1) is 17.3. The zero-order chi connectivity index (χ0) is 26.1. The Morgan fingerprint density at radius 2 is 1.57 bits per heavy atom. The van der Waals surface area contributed by atoms with E-state index in [0.717, 1.165) is 18.4 Å². The molecule has 1 amide bonds. The molecule has 2 aromatic rings. The van der Waals surface area contributed by atoms with E-state index in [2.05, 4.69) is 15.4 Å². The fourth-order valence-corrected chi connectivity index (χ4v) is 5.01. The molecule has 0 radical (unpaired) electrons. The molecular formula is C26H38ClN3O6S. The van der Waals surface area contributed by atoms with Crippen molar-refractivity contribution in [1.29, 1.82) is 0 Å². The number of anilines is 1. The summed E-state index contributed by atoms with van der Waals surface area (Å²) in [7, 11) is 1.35. The van der Waals surface area contributed by atoms with Crippen LogP contribution in [0.4, 0.5) is 5.69 Å². The third-order valence-electron chi connectivity index (χ3n) is 6.40. The van der Waals surface area contributed by atoms with Gasteiger partial charge in [0.25, 0.3) is 5.91 Å². The number of amides is 1. The summed E-state index contributed by atoms with van der Waals surface area (Å²) in [6.07, 6.45) is 5.78. The maximum Gasteiger partial charge on any atom is 0.251 e. The van der Waals surface area contributed by atoms with Gasteiger partial charge in [0.05, 0.1) is 33.1 Å². The Balaban J connectivity index is 0.00000481. The molecule has 0 spiro atoms. The minimum Gasteiger partial charge on any atom is -0.493 e. The van der Waals surface area contributed by atoms with Crippen LogP contribution in [0, 0.1) is 0 Å².